The summed E-state index contributed by atoms with van der Waals surface area (Å²) in [6.07, 6.45) is 0.790. The van der Waals surface area contributed by atoms with Crippen molar-refractivity contribution in [1.29, 1.82) is 0 Å². The highest BCUT2D eigenvalue weighted by Gasteiger charge is 2.15. The number of thiol groups is 1. The van der Waals surface area contributed by atoms with Crippen molar-refractivity contribution in [2.75, 3.05) is 13.1 Å². The summed E-state index contributed by atoms with van der Waals surface area (Å²) in [5.74, 6) is 0. The molecule has 0 unspecified atom stereocenters. The van der Waals surface area contributed by atoms with Crippen molar-refractivity contribution in [3.05, 3.63) is 0 Å². The van der Waals surface area contributed by atoms with Crippen LogP contribution in [0, 0.1) is 0 Å². The van der Waals surface area contributed by atoms with Gasteiger partial charge in [-0.25, -0.2) is 8.42 Å². The van der Waals surface area contributed by atoms with Gasteiger partial charge in [-0.2, -0.15) is 0 Å². The molecule has 0 aromatic carbocycles. The van der Waals surface area contributed by atoms with Gasteiger partial charge in [0.05, 0.1) is 5.25 Å². The fourth-order valence-electron chi connectivity index (χ4n) is 0.819. The van der Waals surface area contributed by atoms with E-state index >= 15 is 0 Å². The lowest BCUT2D eigenvalue weighted by Gasteiger charge is -1.91. The second-order valence-corrected chi connectivity index (χ2v) is 3.23. The second-order valence-electron chi connectivity index (χ2n) is 1.93. The van der Waals surface area contributed by atoms with Crippen molar-refractivity contribution in [2.24, 2.45) is 0 Å². The molecule has 0 bridgehead atoms. The first-order valence-electron chi connectivity index (χ1n) is 2.65. The van der Waals surface area contributed by atoms with Gasteiger partial charge in [-0.15, -0.1) is 0 Å². The van der Waals surface area contributed by atoms with Crippen LogP contribution >= 0.6 is 0 Å². The molecule has 1 atom stereocenters. The Morgan fingerprint density at radius 1 is 1.50 bits per heavy atom. The van der Waals surface area contributed by atoms with Gasteiger partial charge in [0.1, 0.15) is 10.7 Å². The van der Waals surface area contributed by atoms with Gasteiger partial charge in [0.2, 0.25) is 0 Å². The molecule has 1 aliphatic heterocycles. The third-order valence-corrected chi connectivity index (χ3v) is 2.37. The average Bonchev–Trinajstić information content (AvgIpc) is 2.12. The van der Waals surface area contributed by atoms with Crippen LogP contribution in [0.5, 0.6) is 0 Å². The first-order valence-corrected chi connectivity index (χ1v) is 3.89. The second kappa shape index (κ2) is 2.46. The number of hydrogen-bond donors (Lipinski definition) is 2. The molecule has 0 spiro atoms. The van der Waals surface area contributed by atoms with Crippen molar-refractivity contribution in [3.8, 4) is 0 Å². The summed E-state index contributed by atoms with van der Waals surface area (Å²) in [6.45, 7) is 1.51. The maximum Gasteiger partial charge on any atom is 0.144 e. The Morgan fingerprint density at radius 3 is 2.50 bits per heavy atom. The molecule has 1 fully saturated rings. The maximum absolute atomic E-state index is 10.2. The monoisotopic (exact) mass is 135 g/mol. The molecular formula is C4H9NO2S. The zero-order valence-corrected chi connectivity index (χ0v) is 5.36. The zero-order chi connectivity index (χ0) is 5.98. The quantitative estimate of drug-likeness (QED) is 0.451. The Labute approximate surface area is 50.0 Å². The highest BCUT2D eigenvalue weighted by molar-refractivity contribution is 7.73. The minimum atomic E-state index is -2.16. The fourth-order valence-corrected chi connectivity index (χ4v) is 1.44. The molecule has 8 heavy (non-hydrogen) atoms. The van der Waals surface area contributed by atoms with Gasteiger partial charge in [-0.1, -0.05) is 0 Å². The van der Waals surface area contributed by atoms with E-state index in [9.17, 15) is 8.42 Å². The third kappa shape index (κ3) is 1.20. The zero-order valence-electron chi connectivity index (χ0n) is 4.46. The number of hydrogen-bond acceptors (Lipinski definition) is 3. The Kier molecular flexibility index (Phi) is 1.85. The van der Waals surface area contributed by atoms with Gasteiger partial charge >= 0.3 is 0 Å². The molecule has 0 radical (unpaired) electrons. The van der Waals surface area contributed by atoms with Gasteiger partial charge in [-0.05, 0) is 13.0 Å². The van der Waals surface area contributed by atoms with Crippen LogP contribution in [-0.2, 0) is 10.7 Å². The average molecular weight is 135 g/mol. The summed E-state index contributed by atoms with van der Waals surface area (Å²) in [6, 6.07) is 0. The van der Waals surface area contributed by atoms with Gasteiger partial charge in [0.25, 0.3) is 0 Å². The smallest absolute Gasteiger partial charge is 0.144 e. The van der Waals surface area contributed by atoms with Crippen LogP contribution in [0.15, 0.2) is 0 Å². The van der Waals surface area contributed by atoms with E-state index in [-0.39, 0.29) is 5.25 Å². The lowest BCUT2D eigenvalue weighted by molar-refractivity contribution is 0.603. The van der Waals surface area contributed by atoms with Crippen molar-refractivity contribution < 1.29 is 8.42 Å². The van der Waals surface area contributed by atoms with E-state index in [1.165, 1.54) is 0 Å². The van der Waals surface area contributed by atoms with E-state index in [4.69, 9.17) is 0 Å². The van der Waals surface area contributed by atoms with Crippen LogP contribution in [0.1, 0.15) is 6.42 Å². The van der Waals surface area contributed by atoms with E-state index in [2.05, 4.69) is 5.32 Å². The van der Waals surface area contributed by atoms with Crippen molar-refractivity contribution in [3.63, 3.8) is 0 Å². The normalized spacial score (nSPS) is 29.4. The third-order valence-electron chi connectivity index (χ3n) is 1.33. The summed E-state index contributed by atoms with van der Waals surface area (Å²) in [4.78, 5) is 0. The molecule has 0 aromatic heterocycles. The fraction of sp³-hybridized carbons (Fsp3) is 1.00. The van der Waals surface area contributed by atoms with Crippen LogP contribution in [-0.4, -0.2) is 26.8 Å². The lowest BCUT2D eigenvalue weighted by Crippen LogP contribution is -2.13. The van der Waals surface area contributed by atoms with Gasteiger partial charge in [-0.3, -0.25) is 0 Å². The van der Waals surface area contributed by atoms with Gasteiger partial charge < -0.3 is 5.32 Å². The summed E-state index contributed by atoms with van der Waals surface area (Å²) in [7, 11) is -2.16. The lowest BCUT2D eigenvalue weighted by atomic mass is 10.4. The van der Waals surface area contributed by atoms with Crippen LogP contribution < -0.4 is 5.32 Å². The molecule has 3 nitrogen and oxygen atoms in total. The first kappa shape index (κ1) is 6.04. The summed E-state index contributed by atoms with van der Waals surface area (Å²) in [5.41, 5.74) is 0. The topological polar surface area (TPSA) is 46.2 Å². The minimum absolute atomic E-state index is 0.0926. The Morgan fingerprint density at radius 2 is 2.25 bits per heavy atom. The largest absolute Gasteiger partial charge is 0.315 e. The van der Waals surface area contributed by atoms with E-state index in [1.807, 2.05) is 0 Å². The van der Waals surface area contributed by atoms with E-state index in [0.29, 0.717) is 6.54 Å². The van der Waals surface area contributed by atoms with Crippen molar-refractivity contribution in [1.82, 2.24) is 5.32 Å². The van der Waals surface area contributed by atoms with Crippen LogP contribution in [0.2, 0.25) is 0 Å². The molecule has 0 aliphatic carbocycles. The molecule has 4 heteroatoms. The van der Waals surface area contributed by atoms with Crippen LogP contribution in [0.25, 0.3) is 0 Å². The highest BCUT2D eigenvalue weighted by atomic mass is 32.2. The molecule has 1 rings (SSSR count). The molecule has 1 heterocycles. The van der Waals surface area contributed by atoms with Gasteiger partial charge in [0, 0.05) is 6.54 Å². The van der Waals surface area contributed by atoms with E-state index in [0.717, 1.165) is 13.0 Å². The molecule has 1 saturated heterocycles. The molecule has 1 aliphatic rings. The molecule has 48 valence electrons. The number of nitrogens with one attached hydrogen (secondary N) is 1. The number of rotatable bonds is 1. The SMILES string of the molecule is O=[SH](=O)[C@@H]1CCNC1. The van der Waals surface area contributed by atoms with Crippen molar-refractivity contribution in [2.45, 2.75) is 11.7 Å². The predicted molar refractivity (Wildman–Crippen MR) is 31.6 cm³/mol. The van der Waals surface area contributed by atoms with E-state index < -0.39 is 10.7 Å². The summed E-state index contributed by atoms with van der Waals surface area (Å²) in [5, 5.41) is 2.88. The highest BCUT2D eigenvalue weighted by Crippen LogP contribution is 1.99. The molecule has 1 N–H and O–H groups in total. The standard InChI is InChI=1S/C4H9NO2S/c6-8(7)4-1-2-5-3-4/h4-5,8H,1-3H2/t4-/m1/s1. The summed E-state index contributed by atoms with van der Waals surface area (Å²) < 4.78 is 20.4. The Bertz CT molecular complexity index is 129. The van der Waals surface area contributed by atoms with Crippen molar-refractivity contribution >= 4 is 10.7 Å². The maximum atomic E-state index is 10.2. The van der Waals surface area contributed by atoms with Crippen LogP contribution in [0.3, 0.4) is 0 Å². The van der Waals surface area contributed by atoms with Gasteiger partial charge in [0.15, 0.2) is 0 Å². The Balaban J connectivity index is 2.47. The summed E-state index contributed by atoms with van der Waals surface area (Å²) >= 11 is 0. The molecular weight excluding hydrogens is 126 g/mol. The van der Waals surface area contributed by atoms with Crippen LogP contribution in [0.4, 0.5) is 0 Å². The molecule has 0 saturated carbocycles. The predicted octanol–water partition coefficient (Wildman–Crippen LogP) is -1.04. The Hall–Kier alpha value is -0.0900. The molecule has 0 aromatic rings. The molecule has 0 amide bonds. The first-order chi connectivity index (χ1) is 3.80. The van der Waals surface area contributed by atoms with E-state index in [1.54, 1.807) is 0 Å². The minimum Gasteiger partial charge on any atom is -0.315 e.